The Labute approximate surface area is 274 Å². The Morgan fingerprint density at radius 1 is 0.891 bits per heavy atom. The lowest BCUT2D eigenvalue weighted by Gasteiger charge is -2.27. The van der Waals surface area contributed by atoms with Gasteiger partial charge in [0.25, 0.3) is 17.7 Å². The summed E-state index contributed by atoms with van der Waals surface area (Å²) in [5.74, 6) is -0.303. The van der Waals surface area contributed by atoms with Gasteiger partial charge < -0.3 is 29.0 Å². The summed E-state index contributed by atoms with van der Waals surface area (Å²) in [7, 11) is 1.50. The number of anilines is 2. The summed E-state index contributed by atoms with van der Waals surface area (Å²) in [5, 5.41) is 4.96. The SMILES string of the molecule is CCCOc1ccc(N2C(=O)NC(=O)/C(=C\c3cc(Br)c(OCC(=O)Nc4ccccc4OC)c(OCC)c3)C2=O)cc1OCC. The first kappa shape index (κ1) is 33.8. The first-order valence-corrected chi connectivity index (χ1v) is 15.3. The second kappa shape index (κ2) is 15.8. The van der Waals surface area contributed by atoms with Crippen LogP contribution in [0, 0.1) is 0 Å². The first-order chi connectivity index (χ1) is 22.2. The first-order valence-electron chi connectivity index (χ1n) is 14.5. The molecule has 1 fully saturated rings. The number of nitrogens with zero attached hydrogens (tertiary/aromatic N) is 1. The van der Waals surface area contributed by atoms with Crippen LogP contribution in [-0.2, 0) is 14.4 Å². The van der Waals surface area contributed by atoms with E-state index in [2.05, 4.69) is 26.6 Å². The van der Waals surface area contributed by atoms with Crippen LogP contribution in [-0.4, -0.2) is 57.3 Å². The zero-order chi connectivity index (χ0) is 33.2. The molecule has 2 N–H and O–H groups in total. The number of urea groups is 1. The van der Waals surface area contributed by atoms with Gasteiger partial charge in [0.2, 0.25) is 0 Å². The van der Waals surface area contributed by atoms with E-state index in [9.17, 15) is 19.2 Å². The van der Waals surface area contributed by atoms with Gasteiger partial charge in [-0.3, -0.25) is 19.7 Å². The monoisotopic (exact) mass is 695 g/mol. The molecule has 0 unspecified atom stereocenters. The zero-order valence-corrected chi connectivity index (χ0v) is 27.4. The largest absolute Gasteiger partial charge is 0.495 e. The van der Waals surface area contributed by atoms with Crippen LogP contribution < -0.4 is 39.2 Å². The van der Waals surface area contributed by atoms with E-state index in [0.29, 0.717) is 46.2 Å². The van der Waals surface area contributed by atoms with Gasteiger partial charge in [-0.05, 0) is 84.2 Å². The Balaban J connectivity index is 1.59. The number of rotatable bonds is 14. The van der Waals surface area contributed by atoms with Crippen LogP contribution in [0.3, 0.4) is 0 Å². The predicted octanol–water partition coefficient (Wildman–Crippen LogP) is 5.73. The van der Waals surface area contributed by atoms with Gasteiger partial charge in [-0.1, -0.05) is 19.1 Å². The molecule has 1 aliphatic rings. The molecule has 1 aliphatic heterocycles. The number of methoxy groups -OCH3 is 1. The molecule has 0 saturated carbocycles. The Morgan fingerprint density at radius 3 is 2.35 bits per heavy atom. The third kappa shape index (κ3) is 7.96. The Hall–Kier alpha value is -5.04. The van der Waals surface area contributed by atoms with Crippen molar-refractivity contribution in [3.05, 3.63) is 70.2 Å². The lowest BCUT2D eigenvalue weighted by Crippen LogP contribution is -2.54. The number of para-hydroxylation sites is 2. The average molecular weight is 697 g/mol. The van der Waals surface area contributed by atoms with Crippen molar-refractivity contribution in [1.29, 1.82) is 0 Å². The fourth-order valence-electron chi connectivity index (χ4n) is 4.44. The second-order valence-corrected chi connectivity index (χ2v) is 10.5. The van der Waals surface area contributed by atoms with E-state index in [0.717, 1.165) is 11.3 Å². The number of carbonyl (C=O) groups is 4. The number of hydrogen-bond donors (Lipinski definition) is 2. The highest BCUT2D eigenvalue weighted by molar-refractivity contribution is 9.10. The van der Waals surface area contributed by atoms with Crippen molar-refractivity contribution in [3.63, 3.8) is 0 Å². The number of amides is 5. The summed E-state index contributed by atoms with van der Waals surface area (Å²) in [4.78, 5) is 52.8. The van der Waals surface area contributed by atoms with E-state index in [1.807, 2.05) is 6.92 Å². The molecule has 0 atom stereocenters. The summed E-state index contributed by atoms with van der Waals surface area (Å²) < 4.78 is 28.6. The van der Waals surface area contributed by atoms with E-state index >= 15 is 0 Å². The highest BCUT2D eigenvalue weighted by Gasteiger charge is 2.37. The molecule has 4 rings (SSSR count). The molecule has 1 heterocycles. The van der Waals surface area contributed by atoms with E-state index in [4.69, 9.17) is 23.7 Å². The fraction of sp³-hybridized carbons (Fsp3) is 0.273. The molecule has 3 aromatic carbocycles. The Bertz CT molecular complexity index is 1660. The maximum Gasteiger partial charge on any atom is 0.335 e. The minimum absolute atomic E-state index is 0.194. The highest BCUT2D eigenvalue weighted by atomic mass is 79.9. The van der Waals surface area contributed by atoms with Crippen molar-refractivity contribution in [2.45, 2.75) is 27.2 Å². The van der Waals surface area contributed by atoms with Gasteiger partial charge in [0.15, 0.2) is 29.6 Å². The number of halogens is 1. The molecule has 5 amide bonds. The van der Waals surface area contributed by atoms with Crippen molar-refractivity contribution in [2.24, 2.45) is 0 Å². The molecule has 0 bridgehead atoms. The normalized spacial score (nSPS) is 13.7. The van der Waals surface area contributed by atoms with Gasteiger partial charge in [0.05, 0.1) is 42.8 Å². The molecular weight excluding hydrogens is 662 g/mol. The Kier molecular flexibility index (Phi) is 11.6. The number of benzene rings is 3. The van der Waals surface area contributed by atoms with Crippen LogP contribution in [0.1, 0.15) is 32.8 Å². The van der Waals surface area contributed by atoms with Crippen molar-refractivity contribution >= 4 is 57.1 Å². The van der Waals surface area contributed by atoms with Crippen molar-refractivity contribution < 1.29 is 42.9 Å². The minimum atomic E-state index is -0.900. The van der Waals surface area contributed by atoms with Crippen LogP contribution in [0.2, 0.25) is 0 Å². The number of imide groups is 2. The number of ether oxygens (including phenoxy) is 5. The summed E-state index contributed by atoms with van der Waals surface area (Å²) in [6.45, 7) is 6.25. The maximum absolute atomic E-state index is 13.6. The molecule has 0 spiro atoms. The van der Waals surface area contributed by atoms with Crippen LogP contribution in [0.25, 0.3) is 6.08 Å². The molecular formula is C33H34BrN3O9. The minimum Gasteiger partial charge on any atom is -0.495 e. The van der Waals surface area contributed by atoms with E-state index in [-0.39, 0.29) is 36.0 Å². The van der Waals surface area contributed by atoms with Gasteiger partial charge in [-0.2, -0.15) is 0 Å². The van der Waals surface area contributed by atoms with Gasteiger partial charge in [0, 0.05) is 6.07 Å². The van der Waals surface area contributed by atoms with Crippen molar-refractivity contribution in [1.82, 2.24) is 5.32 Å². The molecule has 12 nitrogen and oxygen atoms in total. The maximum atomic E-state index is 13.6. The molecule has 0 aliphatic carbocycles. The standard InChI is InChI=1S/C33H34BrN3O9/c1-5-14-45-26-13-12-21(18-27(26)43-6-2)37-32(40)22(31(39)36-33(37)41)15-20-16-23(34)30(28(17-20)44-7-3)46-19-29(38)35-24-10-8-9-11-25(24)42-4/h8-13,15-18H,5-7,14,19H2,1-4H3,(H,35,38)(H,36,39,41)/b22-15+. The van der Waals surface area contributed by atoms with Gasteiger partial charge in [0.1, 0.15) is 11.3 Å². The van der Waals surface area contributed by atoms with Crippen LogP contribution >= 0.6 is 15.9 Å². The fourth-order valence-corrected chi connectivity index (χ4v) is 5.01. The average Bonchev–Trinajstić information content (AvgIpc) is 3.02. The smallest absolute Gasteiger partial charge is 0.335 e. The van der Waals surface area contributed by atoms with Crippen LogP contribution in [0.15, 0.2) is 64.6 Å². The number of carbonyl (C=O) groups excluding carboxylic acids is 4. The summed E-state index contributed by atoms with van der Waals surface area (Å²) >= 11 is 3.45. The highest BCUT2D eigenvalue weighted by Crippen LogP contribution is 2.38. The van der Waals surface area contributed by atoms with Crippen LogP contribution in [0.4, 0.5) is 16.2 Å². The quantitative estimate of drug-likeness (QED) is 0.160. The molecule has 0 aromatic heterocycles. The van der Waals surface area contributed by atoms with E-state index in [1.165, 1.54) is 19.3 Å². The number of nitrogens with one attached hydrogen (secondary N) is 2. The zero-order valence-electron chi connectivity index (χ0n) is 25.8. The summed E-state index contributed by atoms with van der Waals surface area (Å²) in [5.41, 5.74) is 0.789. The van der Waals surface area contributed by atoms with Crippen molar-refractivity contribution in [2.75, 3.05) is 43.8 Å². The summed E-state index contributed by atoms with van der Waals surface area (Å²) in [6, 6.07) is 13.9. The van der Waals surface area contributed by atoms with E-state index in [1.54, 1.807) is 62.4 Å². The third-order valence-corrected chi connectivity index (χ3v) is 7.01. The van der Waals surface area contributed by atoms with Crippen molar-refractivity contribution in [3.8, 4) is 28.7 Å². The molecule has 46 heavy (non-hydrogen) atoms. The number of barbiturate groups is 1. The van der Waals surface area contributed by atoms with Crippen LogP contribution in [0.5, 0.6) is 28.7 Å². The lowest BCUT2D eigenvalue weighted by molar-refractivity contribution is -0.122. The molecule has 242 valence electrons. The molecule has 3 aromatic rings. The topological polar surface area (TPSA) is 142 Å². The Morgan fingerprint density at radius 2 is 1.63 bits per heavy atom. The van der Waals surface area contributed by atoms with E-state index < -0.39 is 23.8 Å². The lowest BCUT2D eigenvalue weighted by atomic mass is 10.1. The molecule has 1 saturated heterocycles. The summed E-state index contributed by atoms with van der Waals surface area (Å²) in [6.07, 6.45) is 2.12. The number of hydrogen-bond acceptors (Lipinski definition) is 9. The van der Waals surface area contributed by atoms with Gasteiger partial charge in [-0.15, -0.1) is 0 Å². The third-order valence-electron chi connectivity index (χ3n) is 6.42. The predicted molar refractivity (Wildman–Crippen MR) is 175 cm³/mol. The second-order valence-electron chi connectivity index (χ2n) is 9.67. The molecule has 13 heteroatoms. The van der Waals surface area contributed by atoms with Gasteiger partial charge in [-0.25, -0.2) is 9.69 Å². The molecule has 0 radical (unpaired) electrons. The van der Waals surface area contributed by atoms with Gasteiger partial charge >= 0.3 is 6.03 Å².